The predicted octanol–water partition coefficient (Wildman–Crippen LogP) is 1.59. The molecule has 2 aromatic rings. The first-order valence-corrected chi connectivity index (χ1v) is 3.61. The molecule has 1 amide bonds. The van der Waals surface area contributed by atoms with Gasteiger partial charge in [0.1, 0.15) is 0 Å². The molecule has 2 rings (SSSR count). The number of hydrogen-bond donors (Lipinski definition) is 1. The number of aromatic nitrogens is 1. The molecule has 3 nitrogen and oxygen atoms in total. The lowest BCUT2D eigenvalue weighted by atomic mass is 10.2. The zero-order valence-electron chi connectivity index (χ0n) is 6.29. The number of aromatic amines is 1. The van der Waals surface area contributed by atoms with Crippen LogP contribution in [0.5, 0.6) is 0 Å². The summed E-state index contributed by atoms with van der Waals surface area (Å²) in [5, 5.41) is 0.817. The van der Waals surface area contributed by atoms with Crippen molar-refractivity contribution in [3.63, 3.8) is 0 Å². The van der Waals surface area contributed by atoms with Gasteiger partial charge in [-0.15, -0.1) is 0 Å². The van der Waals surface area contributed by atoms with Crippen molar-refractivity contribution in [2.75, 3.05) is 0 Å². The molecule has 1 radical (unpaired) electrons. The Morgan fingerprint density at radius 1 is 1.33 bits per heavy atom. The number of nitrogens with one attached hydrogen (secondary N) is 2. The molecule has 12 heavy (non-hydrogen) atoms. The minimum Gasteiger partial charge on any atom is -0.360 e. The summed E-state index contributed by atoms with van der Waals surface area (Å²) >= 11 is 0. The van der Waals surface area contributed by atoms with E-state index in [1.807, 2.05) is 24.3 Å². The van der Waals surface area contributed by atoms with Crippen molar-refractivity contribution in [3.8, 4) is 0 Å². The normalized spacial score (nSPS) is 10.3. The lowest BCUT2D eigenvalue weighted by molar-refractivity contribution is 0.0993. The second kappa shape index (κ2) is 2.37. The van der Waals surface area contributed by atoms with Crippen LogP contribution in [-0.4, -0.2) is 10.9 Å². The number of para-hydroxylation sites is 1. The van der Waals surface area contributed by atoms with Crippen LogP contribution in [0.2, 0.25) is 0 Å². The van der Waals surface area contributed by atoms with Crippen LogP contribution in [0, 0.1) is 0 Å². The molecule has 1 aromatic heterocycles. The van der Waals surface area contributed by atoms with Crippen molar-refractivity contribution in [2.45, 2.75) is 0 Å². The Kier molecular flexibility index (Phi) is 1.37. The Morgan fingerprint density at radius 2 is 2.08 bits per heavy atom. The molecular formula is C9H7N2O. The van der Waals surface area contributed by atoms with Crippen LogP contribution in [-0.2, 0) is 0 Å². The van der Waals surface area contributed by atoms with E-state index in [0.29, 0.717) is 5.56 Å². The largest absolute Gasteiger partial charge is 0.360 e. The highest BCUT2D eigenvalue weighted by atomic mass is 16.1. The maximum atomic E-state index is 10.8. The maximum absolute atomic E-state index is 10.8. The Morgan fingerprint density at radius 3 is 2.83 bits per heavy atom. The molecule has 2 N–H and O–H groups in total. The summed E-state index contributed by atoms with van der Waals surface area (Å²) < 4.78 is 0. The van der Waals surface area contributed by atoms with Crippen LogP contribution in [0.15, 0.2) is 30.5 Å². The van der Waals surface area contributed by atoms with Gasteiger partial charge >= 0.3 is 0 Å². The van der Waals surface area contributed by atoms with Crippen LogP contribution in [0.1, 0.15) is 10.4 Å². The van der Waals surface area contributed by atoms with E-state index in [0.717, 1.165) is 10.9 Å². The molecule has 0 saturated carbocycles. The summed E-state index contributed by atoms with van der Waals surface area (Å²) in [6, 6.07) is 7.44. The van der Waals surface area contributed by atoms with E-state index in [-0.39, 0.29) is 0 Å². The van der Waals surface area contributed by atoms with Gasteiger partial charge in [-0.3, -0.25) is 10.5 Å². The van der Waals surface area contributed by atoms with Crippen molar-refractivity contribution in [3.05, 3.63) is 36.0 Å². The molecule has 0 saturated heterocycles. The van der Waals surface area contributed by atoms with Gasteiger partial charge in [-0.2, -0.15) is 0 Å². The van der Waals surface area contributed by atoms with Crippen LogP contribution in [0.3, 0.4) is 0 Å². The fourth-order valence-electron chi connectivity index (χ4n) is 1.26. The minimum absolute atomic E-state index is 0.436. The first-order valence-electron chi connectivity index (χ1n) is 3.61. The molecule has 1 aromatic carbocycles. The van der Waals surface area contributed by atoms with Gasteiger partial charge in [0, 0.05) is 17.1 Å². The Hall–Kier alpha value is -1.77. The monoisotopic (exact) mass is 159 g/mol. The molecular weight excluding hydrogens is 152 g/mol. The molecule has 0 aliphatic rings. The average molecular weight is 159 g/mol. The first-order chi connectivity index (χ1) is 5.79. The fraction of sp³-hybridized carbons (Fsp3) is 0. The standard InChI is InChI=1S/C9H7N2O/c10-9(12)7-5-11-8-4-2-1-3-6(7)8/h1-5,10-11H. The van der Waals surface area contributed by atoms with Gasteiger partial charge in [0.05, 0.1) is 5.56 Å². The van der Waals surface area contributed by atoms with E-state index >= 15 is 0 Å². The zero-order valence-corrected chi connectivity index (χ0v) is 6.29. The van der Waals surface area contributed by atoms with Crippen molar-refractivity contribution in [1.29, 1.82) is 0 Å². The van der Waals surface area contributed by atoms with Crippen LogP contribution >= 0.6 is 0 Å². The van der Waals surface area contributed by atoms with E-state index in [9.17, 15) is 4.79 Å². The number of carbonyl (C=O) groups excluding carboxylic acids is 1. The highest BCUT2D eigenvalue weighted by Crippen LogP contribution is 2.16. The molecule has 0 atom stereocenters. The Labute approximate surface area is 69.2 Å². The fourth-order valence-corrected chi connectivity index (χ4v) is 1.26. The second-order valence-corrected chi connectivity index (χ2v) is 2.58. The molecule has 0 spiro atoms. The number of amides is 1. The number of rotatable bonds is 1. The third kappa shape index (κ3) is 0.871. The molecule has 0 unspecified atom stereocenters. The topological polar surface area (TPSA) is 56.7 Å². The van der Waals surface area contributed by atoms with Crippen LogP contribution in [0.25, 0.3) is 10.9 Å². The summed E-state index contributed by atoms with van der Waals surface area (Å²) in [5.41, 5.74) is 8.29. The van der Waals surface area contributed by atoms with E-state index in [4.69, 9.17) is 5.73 Å². The molecule has 0 fully saturated rings. The van der Waals surface area contributed by atoms with Gasteiger partial charge in [-0.25, -0.2) is 0 Å². The number of benzene rings is 1. The molecule has 3 heteroatoms. The summed E-state index contributed by atoms with van der Waals surface area (Å²) in [6.07, 6.45) is 1.57. The number of hydrogen-bond acceptors (Lipinski definition) is 1. The Bertz CT molecular complexity index is 431. The zero-order chi connectivity index (χ0) is 8.55. The van der Waals surface area contributed by atoms with E-state index < -0.39 is 5.91 Å². The summed E-state index contributed by atoms with van der Waals surface area (Å²) in [7, 11) is 0. The summed E-state index contributed by atoms with van der Waals surface area (Å²) in [6.45, 7) is 0. The van der Waals surface area contributed by atoms with E-state index in [2.05, 4.69) is 4.98 Å². The Balaban J connectivity index is 2.79. The third-order valence-electron chi connectivity index (χ3n) is 1.83. The smallest absolute Gasteiger partial charge is 0.271 e. The van der Waals surface area contributed by atoms with Gasteiger partial charge in [0.2, 0.25) is 0 Å². The quantitative estimate of drug-likeness (QED) is 0.674. The van der Waals surface area contributed by atoms with Crippen LogP contribution in [0.4, 0.5) is 0 Å². The number of carbonyl (C=O) groups is 1. The average Bonchev–Trinajstić information content (AvgIpc) is 2.47. The van der Waals surface area contributed by atoms with Crippen LogP contribution < -0.4 is 5.73 Å². The van der Waals surface area contributed by atoms with Crippen molar-refractivity contribution >= 4 is 16.8 Å². The highest BCUT2D eigenvalue weighted by molar-refractivity contribution is 6.05. The maximum Gasteiger partial charge on any atom is 0.271 e. The highest BCUT2D eigenvalue weighted by Gasteiger charge is 2.07. The van der Waals surface area contributed by atoms with Gasteiger partial charge in [0.15, 0.2) is 0 Å². The van der Waals surface area contributed by atoms with Crippen molar-refractivity contribution in [1.82, 2.24) is 10.7 Å². The van der Waals surface area contributed by atoms with Gasteiger partial charge < -0.3 is 4.98 Å². The van der Waals surface area contributed by atoms with E-state index in [1.165, 1.54) is 0 Å². The number of fused-ring (bicyclic) bond motifs is 1. The van der Waals surface area contributed by atoms with E-state index in [1.54, 1.807) is 6.20 Å². The first kappa shape index (κ1) is 6.91. The predicted molar refractivity (Wildman–Crippen MR) is 45.7 cm³/mol. The lowest BCUT2D eigenvalue weighted by Crippen LogP contribution is -1.96. The molecule has 0 bridgehead atoms. The van der Waals surface area contributed by atoms with Crippen molar-refractivity contribution < 1.29 is 4.79 Å². The molecule has 59 valence electrons. The molecule has 0 aliphatic carbocycles. The van der Waals surface area contributed by atoms with Gasteiger partial charge in [0.25, 0.3) is 5.91 Å². The lowest BCUT2D eigenvalue weighted by Gasteiger charge is -1.89. The summed E-state index contributed by atoms with van der Waals surface area (Å²) in [5.74, 6) is -0.646. The van der Waals surface area contributed by atoms with Gasteiger partial charge in [-0.05, 0) is 6.07 Å². The molecule has 0 aliphatic heterocycles. The summed E-state index contributed by atoms with van der Waals surface area (Å²) in [4.78, 5) is 13.7. The molecule has 1 heterocycles. The third-order valence-corrected chi connectivity index (χ3v) is 1.83. The van der Waals surface area contributed by atoms with Crippen molar-refractivity contribution in [2.24, 2.45) is 0 Å². The van der Waals surface area contributed by atoms with Gasteiger partial charge in [-0.1, -0.05) is 18.2 Å². The SMILES string of the molecule is [NH]C(=O)c1c[nH]c2ccccc12. The minimum atomic E-state index is -0.646. The second-order valence-electron chi connectivity index (χ2n) is 2.58. The number of H-pyrrole nitrogens is 1.